The van der Waals surface area contributed by atoms with Gasteiger partial charge in [-0.2, -0.15) is 0 Å². The van der Waals surface area contributed by atoms with E-state index in [2.05, 4.69) is 46.1 Å². The molecule has 2 heterocycles. The topological polar surface area (TPSA) is 70.1 Å². The quantitative estimate of drug-likeness (QED) is 0.332. The lowest BCUT2D eigenvalue weighted by atomic mass is 9.72. The van der Waals surface area contributed by atoms with E-state index >= 15 is 0 Å². The number of phenols is 1. The van der Waals surface area contributed by atoms with E-state index in [-0.39, 0.29) is 61.8 Å². The number of aromatic hydroxyl groups is 1. The van der Waals surface area contributed by atoms with Crippen LogP contribution in [0.2, 0.25) is 0 Å². The smallest absolute Gasteiger partial charge is 0.233 e. The molecule has 0 bridgehead atoms. The highest BCUT2D eigenvalue weighted by molar-refractivity contribution is 6.03. The van der Waals surface area contributed by atoms with Gasteiger partial charge >= 0.3 is 0 Å². The van der Waals surface area contributed by atoms with E-state index < -0.39 is 0 Å². The molecule has 3 rings (SSSR count). The standard InChI is InChI=1S/C27H40N2O4.2CH4/c1-19(17-27(5,6)18-26(2,3)4)14-21-16-23(31)29(24(21)32)11-10-28-12-13-33-25(28)20-8-7-9-22(30)15-20;;/h7-9,15,21,25,30H,1,10-14,16-18H2,2-6H3;2*1H4. The van der Waals surface area contributed by atoms with Crippen LogP contribution in [0.4, 0.5) is 0 Å². The number of rotatable bonds is 9. The summed E-state index contributed by atoms with van der Waals surface area (Å²) in [6.07, 6.45) is 2.50. The zero-order chi connectivity index (χ0) is 24.4. The highest BCUT2D eigenvalue weighted by Crippen LogP contribution is 2.39. The number of allylic oxidation sites excluding steroid dienone is 1. The molecule has 1 aromatic carbocycles. The second kappa shape index (κ2) is 12.2. The second-order valence-electron chi connectivity index (χ2n) is 11.7. The van der Waals surface area contributed by atoms with E-state index in [0.29, 0.717) is 26.1 Å². The molecule has 2 amide bonds. The summed E-state index contributed by atoms with van der Waals surface area (Å²) in [5.41, 5.74) is 2.26. The fraction of sp³-hybridized carbons (Fsp3) is 0.655. The first kappa shape index (κ1) is 30.9. The minimum Gasteiger partial charge on any atom is -0.508 e. The van der Waals surface area contributed by atoms with Gasteiger partial charge < -0.3 is 9.84 Å². The van der Waals surface area contributed by atoms with Gasteiger partial charge in [-0.05, 0) is 47.8 Å². The molecule has 35 heavy (non-hydrogen) atoms. The highest BCUT2D eigenvalue weighted by Gasteiger charge is 2.39. The molecule has 6 heteroatoms. The molecule has 6 nitrogen and oxygen atoms in total. The predicted octanol–water partition coefficient (Wildman–Crippen LogP) is 6.17. The Hall–Kier alpha value is -2.18. The van der Waals surface area contributed by atoms with Gasteiger partial charge in [0.25, 0.3) is 0 Å². The number of phenolic OH excluding ortho intramolecular Hbond substituents is 1. The number of likely N-dealkylation sites (tertiary alicyclic amines) is 1. The Morgan fingerprint density at radius 1 is 1.14 bits per heavy atom. The first-order valence-corrected chi connectivity index (χ1v) is 12.0. The molecule has 0 aromatic heterocycles. The lowest BCUT2D eigenvalue weighted by molar-refractivity contribution is -0.139. The number of ether oxygens (including phenoxy) is 1. The molecule has 2 fully saturated rings. The van der Waals surface area contributed by atoms with Crippen molar-refractivity contribution in [2.45, 2.75) is 81.4 Å². The highest BCUT2D eigenvalue weighted by atomic mass is 16.5. The molecule has 2 unspecified atom stereocenters. The van der Waals surface area contributed by atoms with Crippen molar-refractivity contribution in [3.05, 3.63) is 42.0 Å². The van der Waals surface area contributed by atoms with Crippen LogP contribution in [-0.4, -0.2) is 53.0 Å². The number of benzene rings is 1. The van der Waals surface area contributed by atoms with Crippen LogP contribution in [0.25, 0.3) is 0 Å². The largest absolute Gasteiger partial charge is 0.508 e. The van der Waals surface area contributed by atoms with Crippen LogP contribution < -0.4 is 0 Å². The summed E-state index contributed by atoms with van der Waals surface area (Å²) < 4.78 is 5.84. The Morgan fingerprint density at radius 2 is 1.83 bits per heavy atom. The molecule has 0 saturated carbocycles. The minimum atomic E-state index is -0.299. The van der Waals surface area contributed by atoms with Gasteiger partial charge in [-0.15, -0.1) is 0 Å². The summed E-state index contributed by atoms with van der Waals surface area (Å²) in [4.78, 5) is 29.2. The molecular weight excluding hydrogens is 440 g/mol. The molecular formula is C29H48N2O4. The van der Waals surface area contributed by atoms with Crippen LogP contribution in [0.5, 0.6) is 5.75 Å². The summed E-state index contributed by atoms with van der Waals surface area (Å²) in [7, 11) is 0. The fourth-order valence-electron chi connectivity index (χ4n) is 5.69. The van der Waals surface area contributed by atoms with Crippen molar-refractivity contribution in [1.82, 2.24) is 9.80 Å². The van der Waals surface area contributed by atoms with Crippen molar-refractivity contribution in [2.24, 2.45) is 16.7 Å². The van der Waals surface area contributed by atoms with Crippen LogP contribution in [0.1, 0.15) is 86.9 Å². The molecule has 0 radical (unpaired) electrons. The number of carbonyl (C=O) groups excluding carboxylic acids is 2. The summed E-state index contributed by atoms with van der Waals surface area (Å²) in [6.45, 7) is 17.7. The van der Waals surface area contributed by atoms with E-state index in [4.69, 9.17) is 4.74 Å². The van der Waals surface area contributed by atoms with Crippen molar-refractivity contribution < 1.29 is 19.4 Å². The molecule has 2 atom stereocenters. The maximum absolute atomic E-state index is 13.0. The van der Waals surface area contributed by atoms with Crippen LogP contribution in [-0.2, 0) is 14.3 Å². The van der Waals surface area contributed by atoms with Gasteiger partial charge in [-0.25, -0.2) is 0 Å². The van der Waals surface area contributed by atoms with Crippen molar-refractivity contribution in [3.8, 4) is 5.75 Å². The molecule has 2 saturated heterocycles. The summed E-state index contributed by atoms with van der Waals surface area (Å²) in [5.74, 6) is -0.279. The monoisotopic (exact) mass is 488 g/mol. The molecule has 1 N–H and O–H groups in total. The Bertz CT molecular complexity index is 887. The van der Waals surface area contributed by atoms with Crippen molar-refractivity contribution in [1.29, 1.82) is 0 Å². The van der Waals surface area contributed by atoms with Crippen molar-refractivity contribution >= 4 is 11.8 Å². The van der Waals surface area contributed by atoms with Crippen molar-refractivity contribution in [3.63, 3.8) is 0 Å². The SMILES string of the molecule is C.C.C=C(CC1CC(=O)N(CCN2CCOC2c2cccc(O)c2)C1=O)CC(C)(C)CC(C)(C)C. The molecule has 2 aliphatic rings. The number of carbonyl (C=O) groups is 2. The lowest BCUT2D eigenvalue weighted by Crippen LogP contribution is -2.38. The first-order valence-electron chi connectivity index (χ1n) is 12.0. The fourth-order valence-corrected chi connectivity index (χ4v) is 5.69. The summed E-state index contributed by atoms with van der Waals surface area (Å²) in [6, 6.07) is 7.02. The zero-order valence-electron chi connectivity index (χ0n) is 20.9. The van der Waals surface area contributed by atoms with Crippen molar-refractivity contribution in [2.75, 3.05) is 26.2 Å². The third kappa shape index (κ3) is 8.46. The Kier molecular flexibility index (Phi) is 10.7. The van der Waals surface area contributed by atoms with Gasteiger partial charge in [0.2, 0.25) is 11.8 Å². The second-order valence-corrected chi connectivity index (χ2v) is 11.7. The number of amides is 2. The molecule has 198 valence electrons. The summed E-state index contributed by atoms with van der Waals surface area (Å²) in [5, 5.41) is 9.78. The molecule has 0 aliphatic carbocycles. The molecule has 1 aromatic rings. The maximum atomic E-state index is 13.0. The Balaban J connectivity index is 0.00000306. The number of hydrogen-bond donors (Lipinski definition) is 1. The number of nitrogens with zero attached hydrogens (tertiary/aromatic N) is 2. The zero-order valence-corrected chi connectivity index (χ0v) is 20.9. The average Bonchev–Trinajstić information content (AvgIpc) is 3.22. The van der Waals surface area contributed by atoms with Crippen LogP contribution in [0.15, 0.2) is 36.4 Å². The first-order chi connectivity index (χ1) is 15.3. The summed E-state index contributed by atoms with van der Waals surface area (Å²) >= 11 is 0. The van der Waals surface area contributed by atoms with E-state index in [0.717, 1.165) is 30.5 Å². The molecule has 2 aliphatic heterocycles. The normalized spacial score (nSPS) is 21.1. The Morgan fingerprint density at radius 3 is 2.46 bits per heavy atom. The predicted molar refractivity (Wildman–Crippen MR) is 143 cm³/mol. The van der Waals surface area contributed by atoms with Crippen LogP contribution in [0, 0.1) is 16.7 Å². The third-order valence-corrected chi connectivity index (χ3v) is 6.36. The van der Waals surface area contributed by atoms with E-state index in [1.54, 1.807) is 18.2 Å². The minimum absolute atomic E-state index is 0. The van der Waals surface area contributed by atoms with E-state index in [9.17, 15) is 14.7 Å². The van der Waals surface area contributed by atoms with Gasteiger partial charge in [0.1, 0.15) is 12.0 Å². The number of hydrogen-bond acceptors (Lipinski definition) is 5. The van der Waals surface area contributed by atoms with Crippen LogP contribution in [0.3, 0.4) is 0 Å². The number of imide groups is 1. The molecule has 0 spiro atoms. The lowest BCUT2D eigenvalue weighted by Gasteiger charge is -2.33. The van der Waals surface area contributed by atoms with Gasteiger partial charge in [0.05, 0.1) is 12.5 Å². The van der Waals surface area contributed by atoms with Gasteiger partial charge in [-0.1, -0.05) is 73.8 Å². The van der Waals surface area contributed by atoms with Gasteiger partial charge in [0.15, 0.2) is 0 Å². The van der Waals surface area contributed by atoms with E-state index in [1.807, 2.05) is 6.07 Å². The average molecular weight is 489 g/mol. The van der Waals surface area contributed by atoms with Crippen LogP contribution >= 0.6 is 0 Å². The third-order valence-electron chi connectivity index (χ3n) is 6.36. The maximum Gasteiger partial charge on any atom is 0.233 e. The Labute approximate surface area is 213 Å². The van der Waals surface area contributed by atoms with Gasteiger partial charge in [-0.3, -0.25) is 19.4 Å². The van der Waals surface area contributed by atoms with Gasteiger partial charge in [0, 0.05) is 26.1 Å². The van der Waals surface area contributed by atoms with E-state index in [1.165, 1.54) is 4.90 Å².